The van der Waals surface area contributed by atoms with Crippen LogP contribution in [-0.2, 0) is 9.59 Å². The highest BCUT2D eigenvalue weighted by atomic mass is 19.1. The monoisotopic (exact) mass is 500 g/mol. The van der Waals surface area contributed by atoms with E-state index in [4.69, 9.17) is 0 Å². The van der Waals surface area contributed by atoms with E-state index >= 15 is 0 Å². The molecule has 0 saturated carbocycles. The maximum atomic E-state index is 13.3. The highest BCUT2D eigenvalue weighted by Crippen LogP contribution is 2.28. The number of carbonyl (C=O) groups is 2. The third kappa shape index (κ3) is 4.26. The molecule has 2 amide bonds. The molecule has 11 heteroatoms. The van der Waals surface area contributed by atoms with Gasteiger partial charge in [-0.25, -0.2) is 14.4 Å². The fourth-order valence-corrected chi connectivity index (χ4v) is 4.97. The normalized spacial score (nSPS) is 18.2. The first-order valence-corrected chi connectivity index (χ1v) is 12.2. The van der Waals surface area contributed by atoms with Gasteiger partial charge in [0.15, 0.2) is 17.0 Å². The molecule has 4 aromatic rings. The van der Waals surface area contributed by atoms with Crippen LogP contribution >= 0.6 is 0 Å². The highest BCUT2D eigenvalue weighted by Gasteiger charge is 2.38. The summed E-state index contributed by atoms with van der Waals surface area (Å²) < 4.78 is 15.0. The van der Waals surface area contributed by atoms with Crippen molar-refractivity contribution < 1.29 is 14.0 Å². The molecule has 0 spiro atoms. The molecule has 2 fully saturated rings. The fourth-order valence-electron chi connectivity index (χ4n) is 4.97. The number of amides is 2. The van der Waals surface area contributed by atoms with Gasteiger partial charge in [-0.2, -0.15) is 4.68 Å². The van der Waals surface area contributed by atoms with Crippen LogP contribution in [0.3, 0.4) is 0 Å². The Kier molecular flexibility index (Phi) is 5.74. The van der Waals surface area contributed by atoms with Gasteiger partial charge in [0.05, 0.1) is 11.6 Å². The van der Waals surface area contributed by atoms with Gasteiger partial charge in [0.25, 0.3) is 0 Å². The predicted molar refractivity (Wildman–Crippen MR) is 135 cm³/mol. The second-order valence-electron chi connectivity index (χ2n) is 9.40. The molecule has 2 aromatic carbocycles. The second kappa shape index (κ2) is 9.23. The van der Waals surface area contributed by atoms with Gasteiger partial charge in [0, 0.05) is 44.8 Å². The van der Waals surface area contributed by atoms with Gasteiger partial charge in [0.2, 0.25) is 11.8 Å². The Bertz CT molecular complexity index is 1460. The number of anilines is 2. The lowest BCUT2D eigenvalue weighted by Crippen LogP contribution is -2.51. The Morgan fingerprint density at radius 1 is 0.946 bits per heavy atom. The Morgan fingerprint density at radius 2 is 1.65 bits per heavy atom. The number of piperazine rings is 1. The maximum Gasteiger partial charge on any atom is 0.228 e. The van der Waals surface area contributed by atoms with Gasteiger partial charge in [-0.3, -0.25) is 9.59 Å². The topological polar surface area (TPSA) is 100 Å². The first-order chi connectivity index (χ1) is 18.0. The number of nitrogens with zero attached hydrogens (tertiary/aromatic N) is 8. The van der Waals surface area contributed by atoms with E-state index in [-0.39, 0.29) is 24.1 Å². The van der Waals surface area contributed by atoms with E-state index in [1.807, 2.05) is 36.1 Å². The molecular formula is C26H25FN8O2. The van der Waals surface area contributed by atoms with Crippen molar-refractivity contribution in [2.24, 2.45) is 5.92 Å². The minimum Gasteiger partial charge on any atom is -0.351 e. The summed E-state index contributed by atoms with van der Waals surface area (Å²) >= 11 is 0. The van der Waals surface area contributed by atoms with Crippen LogP contribution in [0.1, 0.15) is 12.0 Å². The molecule has 188 valence electrons. The van der Waals surface area contributed by atoms with Crippen LogP contribution in [0.4, 0.5) is 15.9 Å². The molecule has 2 aliphatic heterocycles. The quantitative estimate of drug-likeness (QED) is 0.424. The van der Waals surface area contributed by atoms with Crippen molar-refractivity contribution in [2.45, 2.75) is 13.3 Å². The van der Waals surface area contributed by atoms with E-state index in [0.717, 1.165) is 11.3 Å². The van der Waals surface area contributed by atoms with E-state index in [0.29, 0.717) is 55.4 Å². The molecule has 2 aliphatic rings. The van der Waals surface area contributed by atoms with Crippen LogP contribution in [0.5, 0.6) is 0 Å². The summed E-state index contributed by atoms with van der Waals surface area (Å²) in [5.41, 5.74) is 3.87. The zero-order chi connectivity index (χ0) is 25.5. The summed E-state index contributed by atoms with van der Waals surface area (Å²) in [7, 11) is 0. The van der Waals surface area contributed by atoms with Crippen molar-refractivity contribution in [3.63, 3.8) is 0 Å². The van der Waals surface area contributed by atoms with Crippen LogP contribution in [0.15, 0.2) is 54.9 Å². The van der Waals surface area contributed by atoms with Crippen LogP contribution in [0, 0.1) is 18.7 Å². The van der Waals surface area contributed by atoms with Crippen LogP contribution in [-0.4, -0.2) is 74.4 Å². The minimum absolute atomic E-state index is 0.0317. The van der Waals surface area contributed by atoms with E-state index in [2.05, 4.69) is 25.2 Å². The van der Waals surface area contributed by atoms with E-state index in [1.165, 1.54) is 18.5 Å². The molecule has 0 N–H and O–H groups in total. The molecule has 0 aliphatic carbocycles. The third-order valence-corrected chi connectivity index (χ3v) is 7.00. The molecule has 6 rings (SSSR count). The van der Waals surface area contributed by atoms with Crippen molar-refractivity contribution in [3.8, 4) is 5.69 Å². The molecule has 1 atom stereocenters. The molecule has 10 nitrogen and oxygen atoms in total. The van der Waals surface area contributed by atoms with Crippen LogP contribution < -0.4 is 9.80 Å². The zero-order valence-electron chi connectivity index (χ0n) is 20.3. The minimum atomic E-state index is -0.413. The lowest BCUT2D eigenvalue weighted by Gasteiger charge is -2.36. The average molecular weight is 501 g/mol. The maximum absolute atomic E-state index is 13.3. The summed E-state index contributed by atoms with van der Waals surface area (Å²) in [6.07, 6.45) is 1.67. The van der Waals surface area contributed by atoms with Crippen LogP contribution in [0.25, 0.3) is 16.9 Å². The van der Waals surface area contributed by atoms with Crippen LogP contribution in [0.2, 0.25) is 0 Å². The van der Waals surface area contributed by atoms with Crippen molar-refractivity contribution >= 4 is 34.5 Å². The molecule has 1 unspecified atom stereocenters. The first-order valence-electron chi connectivity index (χ1n) is 12.2. The van der Waals surface area contributed by atoms with E-state index in [1.54, 1.807) is 21.7 Å². The summed E-state index contributed by atoms with van der Waals surface area (Å²) in [4.78, 5) is 40.1. The molecule has 0 radical (unpaired) electrons. The number of rotatable bonds is 4. The van der Waals surface area contributed by atoms with Crippen molar-refractivity contribution in [2.75, 3.05) is 42.5 Å². The standard InChI is InChI=1S/C26H25FN8O2/c1-17-2-6-21(7-3-17)35-25-23(30-31-35)24(28-16-29-25)32-10-12-33(13-11-32)26(37)18-14-22(36)34(15-18)20-8-4-19(27)5-9-20/h2-9,16,18H,10-15H2,1H3. The second-order valence-corrected chi connectivity index (χ2v) is 9.40. The van der Waals surface area contributed by atoms with Crippen molar-refractivity contribution in [1.29, 1.82) is 0 Å². The third-order valence-electron chi connectivity index (χ3n) is 7.00. The molecule has 37 heavy (non-hydrogen) atoms. The highest BCUT2D eigenvalue weighted by molar-refractivity contribution is 6.00. The number of fused-ring (bicyclic) bond motifs is 1. The lowest BCUT2D eigenvalue weighted by atomic mass is 10.1. The smallest absolute Gasteiger partial charge is 0.228 e. The summed E-state index contributed by atoms with van der Waals surface area (Å²) in [5.74, 6) is -0.239. The number of hydrogen-bond donors (Lipinski definition) is 0. The molecule has 2 saturated heterocycles. The molecule has 0 bridgehead atoms. The van der Waals surface area contributed by atoms with Gasteiger partial charge >= 0.3 is 0 Å². The van der Waals surface area contributed by atoms with E-state index in [9.17, 15) is 14.0 Å². The summed E-state index contributed by atoms with van der Waals surface area (Å²) in [6, 6.07) is 13.7. The largest absolute Gasteiger partial charge is 0.351 e. The number of aromatic nitrogens is 5. The average Bonchev–Trinajstić information content (AvgIpc) is 3.53. The fraction of sp³-hybridized carbons (Fsp3) is 0.308. The Labute approximate surface area is 212 Å². The van der Waals surface area contributed by atoms with Gasteiger partial charge in [0.1, 0.15) is 12.1 Å². The van der Waals surface area contributed by atoms with Gasteiger partial charge in [-0.05, 0) is 43.3 Å². The van der Waals surface area contributed by atoms with Gasteiger partial charge in [-0.15, -0.1) is 5.10 Å². The Balaban J connectivity index is 1.13. The number of halogens is 1. The predicted octanol–water partition coefficient (Wildman–Crippen LogP) is 2.36. The number of aryl methyl sites for hydroxylation is 1. The summed E-state index contributed by atoms with van der Waals surface area (Å²) in [5, 5.41) is 8.67. The molecular weight excluding hydrogens is 475 g/mol. The lowest BCUT2D eigenvalue weighted by molar-refractivity contribution is -0.136. The summed E-state index contributed by atoms with van der Waals surface area (Å²) in [6.45, 7) is 4.52. The first kappa shape index (κ1) is 23.0. The van der Waals surface area contributed by atoms with Gasteiger partial charge < -0.3 is 14.7 Å². The molecule has 4 heterocycles. The van der Waals surface area contributed by atoms with Gasteiger partial charge in [-0.1, -0.05) is 22.9 Å². The van der Waals surface area contributed by atoms with E-state index < -0.39 is 5.92 Å². The number of benzene rings is 2. The Morgan fingerprint density at radius 3 is 2.38 bits per heavy atom. The SMILES string of the molecule is Cc1ccc(-n2nnc3c(N4CCN(C(=O)C5CC(=O)N(c6ccc(F)cc6)C5)CC4)ncnc32)cc1. The molecule has 2 aromatic heterocycles. The number of hydrogen-bond acceptors (Lipinski definition) is 7. The van der Waals surface area contributed by atoms with Crippen molar-refractivity contribution in [3.05, 3.63) is 66.2 Å². The number of carbonyl (C=O) groups excluding carboxylic acids is 2. The zero-order valence-corrected chi connectivity index (χ0v) is 20.3. The van der Waals surface area contributed by atoms with Crippen molar-refractivity contribution in [1.82, 2.24) is 29.9 Å². The Hall–Kier alpha value is -4.41.